The first-order valence-corrected chi connectivity index (χ1v) is 10.1. The van der Waals surface area contributed by atoms with Crippen LogP contribution in [0.2, 0.25) is 0 Å². The Labute approximate surface area is 157 Å². The number of nitrogens with zero attached hydrogens (tertiary/aromatic N) is 2. The Kier molecular flexibility index (Phi) is 7.47. The summed E-state index contributed by atoms with van der Waals surface area (Å²) in [6, 6.07) is 8.78. The monoisotopic (exact) mass is 359 g/mol. The molecule has 5 nitrogen and oxygen atoms in total. The Balaban J connectivity index is 1.44. The van der Waals surface area contributed by atoms with Crippen LogP contribution in [0.15, 0.2) is 24.3 Å². The van der Waals surface area contributed by atoms with Crippen LogP contribution < -0.4 is 5.32 Å². The Morgan fingerprint density at radius 3 is 2.81 bits per heavy atom. The molecule has 1 atom stereocenters. The highest BCUT2D eigenvalue weighted by Gasteiger charge is 2.25. The molecule has 3 rings (SSSR count). The summed E-state index contributed by atoms with van der Waals surface area (Å²) >= 11 is 0. The van der Waals surface area contributed by atoms with Gasteiger partial charge in [-0.2, -0.15) is 0 Å². The van der Waals surface area contributed by atoms with E-state index in [2.05, 4.69) is 34.2 Å². The van der Waals surface area contributed by atoms with Crippen molar-refractivity contribution < 1.29 is 9.53 Å². The third-order valence-electron chi connectivity index (χ3n) is 5.72. The largest absolute Gasteiger partial charge is 0.379 e. The predicted molar refractivity (Wildman–Crippen MR) is 104 cm³/mol. The Morgan fingerprint density at radius 2 is 2.00 bits per heavy atom. The van der Waals surface area contributed by atoms with Crippen LogP contribution in [0.4, 0.5) is 0 Å². The number of aryl methyl sites for hydroxylation is 1. The topological polar surface area (TPSA) is 44.8 Å². The quantitative estimate of drug-likeness (QED) is 0.811. The number of morpholine rings is 1. The first-order valence-electron chi connectivity index (χ1n) is 10.1. The summed E-state index contributed by atoms with van der Waals surface area (Å²) < 4.78 is 5.43. The Bertz CT molecular complexity index is 572. The lowest BCUT2D eigenvalue weighted by Gasteiger charge is -2.37. The third kappa shape index (κ3) is 5.79. The van der Waals surface area contributed by atoms with Crippen molar-refractivity contribution in [3.8, 4) is 0 Å². The second kappa shape index (κ2) is 10.0. The zero-order chi connectivity index (χ0) is 18.2. The van der Waals surface area contributed by atoms with Crippen LogP contribution in [-0.2, 0) is 16.1 Å². The molecule has 2 aliphatic heterocycles. The molecule has 2 saturated heterocycles. The van der Waals surface area contributed by atoms with Gasteiger partial charge in [-0.25, -0.2) is 0 Å². The fourth-order valence-corrected chi connectivity index (χ4v) is 3.99. The number of carbonyl (C=O) groups excluding carboxylic acids is 1. The molecular formula is C21H33N3O2. The average molecular weight is 360 g/mol. The molecule has 1 amide bonds. The van der Waals surface area contributed by atoms with E-state index in [1.807, 2.05) is 12.1 Å². The Hall–Kier alpha value is -1.43. The van der Waals surface area contributed by atoms with Crippen LogP contribution >= 0.6 is 0 Å². The molecule has 144 valence electrons. The van der Waals surface area contributed by atoms with Gasteiger partial charge < -0.3 is 10.1 Å². The van der Waals surface area contributed by atoms with Crippen LogP contribution in [0.25, 0.3) is 0 Å². The number of likely N-dealkylation sites (tertiary alicyclic amines) is 1. The molecule has 0 saturated carbocycles. The standard InChI is InChI=1S/C21H33N3O2/c1-18-6-2-3-7-19(18)16-22-21(25)17-24-10-5-4-8-20(24)9-11-23-12-14-26-15-13-23/h2-3,6-7,20H,4-5,8-17H2,1H3,(H,22,25)/t20-/m0/s1. The van der Waals surface area contributed by atoms with Crippen LogP contribution in [0.1, 0.15) is 36.8 Å². The maximum atomic E-state index is 12.5. The third-order valence-corrected chi connectivity index (χ3v) is 5.72. The van der Waals surface area contributed by atoms with Crippen molar-refractivity contribution in [2.24, 2.45) is 0 Å². The molecular weight excluding hydrogens is 326 g/mol. The summed E-state index contributed by atoms with van der Waals surface area (Å²) in [5.41, 5.74) is 2.43. The molecule has 5 heteroatoms. The minimum absolute atomic E-state index is 0.145. The molecule has 0 aromatic heterocycles. The predicted octanol–water partition coefficient (Wildman–Crippen LogP) is 2.19. The van der Waals surface area contributed by atoms with Gasteiger partial charge in [0.05, 0.1) is 19.8 Å². The molecule has 1 aromatic carbocycles. The molecule has 1 N–H and O–H groups in total. The number of nitrogens with one attached hydrogen (secondary N) is 1. The molecule has 1 aromatic rings. The van der Waals surface area contributed by atoms with E-state index in [0.717, 1.165) is 45.8 Å². The zero-order valence-electron chi connectivity index (χ0n) is 16.1. The van der Waals surface area contributed by atoms with E-state index in [-0.39, 0.29) is 5.91 Å². The molecule has 2 aliphatic rings. The number of benzene rings is 1. The first kappa shape index (κ1) is 19.3. The fraction of sp³-hybridized carbons (Fsp3) is 0.667. The van der Waals surface area contributed by atoms with E-state index < -0.39 is 0 Å². The van der Waals surface area contributed by atoms with Crippen molar-refractivity contribution in [2.75, 3.05) is 45.9 Å². The smallest absolute Gasteiger partial charge is 0.234 e. The van der Waals surface area contributed by atoms with Crippen molar-refractivity contribution in [3.05, 3.63) is 35.4 Å². The summed E-state index contributed by atoms with van der Waals surface area (Å²) in [6.45, 7) is 9.21. The maximum Gasteiger partial charge on any atom is 0.234 e. The lowest BCUT2D eigenvalue weighted by atomic mass is 9.99. The highest BCUT2D eigenvalue weighted by atomic mass is 16.5. The van der Waals surface area contributed by atoms with E-state index in [9.17, 15) is 4.79 Å². The van der Waals surface area contributed by atoms with Gasteiger partial charge in [0.2, 0.25) is 5.91 Å². The molecule has 26 heavy (non-hydrogen) atoms. The lowest BCUT2D eigenvalue weighted by Crippen LogP contribution is -2.47. The van der Waals surface area contributed by atoms with Gasteiger partial charge in [0.1, 0.15) is 0 Å². The van der Waals surface area contributed by atoms with Crippen LogP contribution in [0.5, 0.6) is 0 Å². The van der Waals surface area contributed by atoms with Crippen LogP contribution in [-0.4, -0.2) is 67.7 Å². The van der Waals surface area contributed by atoms with Gasteiger partial charge in [-0.3, -0.25) is 14.6 Å². The number of hydrogen-bond acceptors (Lipinski definition) is 4. The summed E-state index contributed by atoms with van der Waals surface area (Å²) in [6.07, 6.45) is 4.87. The molecule has 2 fully saturated rings. The Morgan fingerprint density at radius 1 is 1.19 bits per heavy atom. The molecule has 0 bridgehead atoms. The summed E-state index contributed by atoms with van der Waals surface area (Å²) in [5, 5.41) is 3.11. The second-order valence-corrected chi connectivity index (χ2v) is 7.57. The van der Waals surface area contributed by atoms with Gasteiger partial charge in [0, 0.05) is 25.7 Å². The minimum Gasteiger partial charge on any atom is -0.379 e. The van der Waals surface area contributed by atoms with Gasteiger partial charge in [0.15, 0.2) is 0 Å². The minimum atomic E-state index is 0.145. The van der Waals surface area contributed by atoms with Gasteiger partial charge in [-0.05, 0) is 50.4 Å². The molecule has 0 aliphatic carbocycles. The average Bonchev–Trinajstić information content (AvgIpc) is 2.67. The van der Waals surface area contributed by atoms with Crippen molar-refractivity contribution in [3.63, 3.8) is 0 Å². The van der Waals surface area contributed by atoms with E-state index in [1.165, 1.54) is 30.4 Å². The van der Waals surface area contributed by atoms with Crippen molar-refractivity contribution in [2.45, 2.75) is 45.2 Å². The van der Waals surface area contributed by atoms with E-state index in [0.29, 0.717) is 19.1 Å². The van der Waals surface area contributed by atoms with Crippen LogP contribution in [0.3, 0.4) is 0 Å². The van der Waals surface area contributed by atoms with Gasteiger partial charge in [-0.1, -0.05) is 30.7 Å². The number of hydrogen-bond donors (Lipinski definition) is 1. The summed E-state index contributed by atoms with van der Waals surface area (Å²) in [4.78, 5) is 17.4. The second-order valence-electron chi connectivity index (χ2n) is 7.57. The number of piperidine rings is 1. The van der Waals surface area contributed by atoms with Gasteiger partial charge >= 0.3 is 0 Å². The normalized spacial score (nSPS) is 22.3. The van der Waals surface area contributed by atoms with Crippen molar-refractivity contribution >= 4 is 5.91 Å². The summed E-state index contributed by atoms with van der Waals surface area (Å²) in [7, 11) is 0. The highest BCUT2D eigenvalue weighted by molar-refractivity contribution is 5.78. The molecule has 0 spiro atoms. The van der Waals surface area contributed by atoms with Crippen LogP contribution in [0, 0.1) is 6.92 Å². The number of carbonyl (C=O) groups is 1. The van der Waals surface area contributed by atoms with Crippen molar-refractivity contribution in [1.82, 2.24) is 15.1 Å². The van der Waals surface area contributed by atoms with Crippen molar-refractivity contribution in [1.29, 1.82) is 0 Å². The maximum absolute atomic E-state index is 12.5. The SMILES string of the molecule is Cc1ccccc1CNC(=O)CN1CCCC[C@H]1CCN1CCOCC1. The first-order chi connectivity index (χ1) is 12.7. The van der Waals surface area contributed by atoms with E-state index in [4.69, 9.17) is 4.74 Å². The van der Waals surface area contributed by atoms with E-state index in [1.54, 1.807) is 0 Å². The number of rotatable bonds is 7. The fourth-order valence-electron chi connectivity index (χ4n) is 3.99. The van der Waals surface area contributed by atoms with E-state index >= 15 is 0 Å². The number of amides is 1. The molecule has 2 heterocycles. The molecule has 0 radical (unpaired) electrons. The highest BCUT2D eigenvalue weighted by Crippen LogP contribution is 2.20. The number of ether oxygens (including phenoxy) is 1. The lowest BCUT2D eigenvalue weighted by molar-refractivity contribution is -0.123. The summed E-state index contributed by atoms with van der Waals surface area (Å²) in [5.74, 6) is 0.145. The van der Waals surface area contributed by atoms with Gasteiger partial charge in [0.25, 0.3) is 0 Å². The zero-order valence-corrected chi connectivity index (χ0v) is 16.1. The van der Waals surface area contributed by atoms with Gasteiger partial charge in [-0.15, -0.1) is 0 Å². The molecule has 0 unspecified atom stereocenters.